The molecule has 23 heavy (non-hydrogen) atoms. The van der Waals surface area contributed by atoms with Crippen LogP contribution in [0, 0.1) is 0 Å². The van der Waals surface area contributed by atoms with Crippen molar-refractivity contribution < 1.29 is 19.1 Å². The third-order valence-electron chi connectivity index (χ3n) is 2.64. The Morgan fingerprint density at radius 1 is 1.17 bits per heavy atom. The number of thiophene rings is 1. The van der Waals surface area contributed by atoms with Gasteiger partial charge in [-0.3, -0.25) is 9.59 Å². The maximum absolute atomic E-state index is 12.1. The smallest absolute Gasteiger partial charge is 0.325 e. The van der Waals surface area contributed by atoms with Gasteiger partial charge in [0.1, 0.15) is 23.6 Å². The molecule has 1 heterocycles. The van der Waals surface area contributed by atoms with Crippen molar-refractivity contribution in [1.29, 1.82) is 0 Å². The summed E-state index contributed by atoms with van der Waals surface area (Å²) < 4.78 is 10.8. The standard InChI is InChI=1S/C17H19NO4S/c1-17(2,3)22-15(19)10-18-16(20)12-5-4-6-13(9-12)21-14-7-8-23-11-14/h4-9,11H,10H2,1-3H3,(H,18,20). The van der Waals surface area contributed by atoms with E-state index in [1.165, 1.54) is 11.3 Å². The number of carbonyl (C=O) groups excluding carboxylic acids is 2. The zero-order valence-electron chi connectivity index (χ0n) is 13.3. The molecule has 1 N–H and O–H groups in total. The number of rotatable bonds is 5. The van der Waals surface area contributed by atoms with Gasteiger partial charge in [0.2, 0.25) is 0 Å². The SMILES string of the molecule is CC(C)(C)OC(=O)CNC(=O)c1cccc(Oc2ccsc2)c1. The second-order valence-electron chi connectivity index (χ2n) is 5.86. The molecule has 122 valence electrons. The summed E-state index contributed by atoms with van der Waals surface area (Å²) in [7, 11) is 0. The molecule has 1 aromatic carbocycles. The van der Waals surface area contributed by atoms with Gasteiger partial charge in [-0.05, 0) is 50.4 Å². The van der Waals surface area contributed by atoms with Crippen LogP contribution in [0.1, 0.15) is 31.1 Å². The van der Waals surface area contributed by atoms with Crippen LogP contribution in [-0.2, 0) is 9.53 Å². The average molecular weight is 333 g/mol. The predicted molar refractivity (Wildman–Crippen MR) is 89.0 cm³/mol. The highest BCUT2D eigenvalue weighted by atomic mass is 32.1. The van der Waals surface area contributed by atoms with Crippen LogP contribution in [0.3, 0.4) is 0 Å². The van der Waals surface area contributed by atoms with Gasteiger partial charge in [-0.2, -0.15) is 0 Å². The molecule has 0 radical (unpaired) electrons. The molecule has 5 nitrogen and oxygen atoms in total. The summed E-state index contributed by atoms with van der Waals surface area (Å²) in [6.45, 7) is 5.15. The van der Waals surface area contributed by atoms with E-state index in [0.717, 1.165) is 5.75 Å². The summed E-state index contributed by atoms with van der Waals surface area (Å²) in [5, 5.41) is 6.32. The van der Waals surface area contributed by atoms with Crippen molar-refractivity contribution in [2.75, 3.05) is 6.54 Å². The van der Waals surface area contributed by atoms with Gasteiger partial charge in [0, 0.05) is 10.9 Å². The van der Waals surface area contributed by atoms with Crippen LogP contribution in [0.4, 0.5) is 0 Å². The topological polar surface area (TPSA) is 64.6 Å². The molecule has 1 amide bonds. The summed E-state index contributed by atoms with van der Waals surface area (Å²) in [6.07, 6.45) is 0. The highest BCUT2D eigenvalue weighted by molar-refractivity contribution is 7.08. The summed E-state index contributed by atoms with van der Waals surface area (Å²) >= 11 is 1.53. The summed E-state index contributed by atoms with van der Waals surface area (Å²) in [5.74, 6) is 0.456. The van der Waals surface area contributed by atoms with Crippen LogP contribution in [0.15, 0.2) is 41.1 Å². The number of hydrogen-bond donors (Lipinski definition) is 1. The molecule has 0 atom stereocenters. The lowest BCUT2D eigenvalue weighted by atomic mass is 10.2. The number of ether oxygens (including phenoxy) is 2. The van der Waals surface area contributed by atoms with Gasteiger partial charge in [0.15, 0.2) is 0 Å². The summed E-state index contributed by atoms with van der Waals surface area (Å²) in [6, 6.07) is 8.62. The van der Waals surface area contributed by atoms with Gasteiger partial charge < -0.3 is 14.8 Å². The third-order valence-corrected chi connectivity index (χ3v) is 3.30. The highest BCUT2D eigenvalue weighted by Gasteiger charge is 2.17. The van der Waals surface area contributed by atoms with E-state index in [0.29, 0.717) is 11.3 Å². The number of carbonyl (C=O) groups is 2. The van der Waals surface area contributed by atoms with Crippen LogP contribution >= 0.6 is 11.3 Å². The highest BCUT2D eigenvalue weighted by Crippen LogP contribution is 2.24. The Labute approximate surface area is 139 Å². The van der Waals surface area contributed by atoms with Crippen molar-refractivity contribution in [3.63, 3.8) is 0 Å². The van der Waals surface area contributed by atoms with Crippen LogP contribution in [0.5, 0.6) is 11.5 Å². The van der Waals surface area contributed by atoms with E-state index in [2.05, 4.69) is 5.32 Å². The Balaban J connectivity index is 1.93. The summed E-state index contributed by atoms with van der Waals surface area (Å²) in [5.41, 5.74) is -0.155. The minimum Gasteiger partial charge on any atom is -0.459 e. The Morgan fingerprint density at radius 3 is 2.61 bits per heavy atom. The van der Waals surface area contributed by atoms with E-state index < -0.39 is 11.6 Å². The molecular formula is C17H19NO4S. The normalized spacial score (nSPS) is 10.9. The Morgan fingerprint density at radius 2 is 1.96 bits per heavy atom. The molecule has 0 saturated heterocycles. The van der Waals surface area contributed by atoms with Gasteiger partial charge >= 0.3 is 5.97 Å². The van der Waals surface area contributed by atoms with Crippen molar-refractivity contribution >= 4 is 23.2 Å². The molecule has 2 rings (SSSR count). The number of nitrogens with one attached hydrogen (secondary N) is 1. The third kappa shape index (κ3) is 5.75. The fourth-order valence-electron chi connectivity index (χ4n) is 1.78. The van der Waals surface area contributed by atoms with Crippen molar-refractivity contribution in [2.45, 2.75) is 26.4 Å². The number of amides is 1. The van der Waals surface area contributed by atoms with Crippen molar-refractivity contribution in [1.82, 2.24) is 5.32 Å². The molecule has 0 aliphatic carbocycles. The lowest BCUT2D eigenvalue weighted by Crippen LogP contribution is -2.34. The zero-order chi connectivity index (χ0) is 16.9. The molecule has 0 fully saturated rings. The van der Waals surface area contributed by atoms with E-state index >= 15 is 0 Å². The first kappa shape index (κ1) is 17.0. The minimum absolute atomic E-state index is 0.175. The minimum atomic E-state index is -0.573. The molecule has 0 aliphatic heterocycles. The number of esters is 1. The molecule has 0 saturated carbocycles. The number of hydrogen-bond acceptors (Lipinski definition) is 5. The van der Waals surface area contributed by atoms with Gasteiger partial charge in [-0.25, -0.2) is 0 Å². The average Bonchev–Trinajstić information content (AvgIpc) is 2.96. The van der Waals surface area contributed by atoms with Crippen molar-refractivity contribution in [3.05, 3.63) is 46.7 Å². The van der Waals surface area contributed by atoms with Gasteiger partial charge in [0.25, 0.3) is 5.91 Å². The van der Waals surface area contributed by atoms with Gasteiger partial charge in [0.05, 0.1) is 0 Å². The fourth-order valence-corrected chi connectivity index (χ4v) is 2.33. The maximum atomic E-state index is 12.1. The first-order valence-corrected chi connectivity index (χ1v) is 8.08. The molecule has 0 spiro atoms. The predicted octanol–water partition coefficient (Wildman–Crippen LogP) is 3.61. The molecule has 2 aromatic rings. The van der Waals surface area contributed by atoms with Crippen LogP contribution in [0.2, 0.25) is 0 Å². The first-order chi connectivity index (χ1) is 10.8. The van der Waals surface area contributed by atoms with Crippen LogP contribution in [-0.4, -0.2) is 24.0 Å². The Kier molecular flexibility index (Phi) is 5.39. The molecule has 0 bridgehead atoms. The van der Waals surface area contributed by atoms with E-state index in [1.54, 1.807) is 45.0 Å². The lowest BCUT2D eigenvalue weighted by Gasteiger charge is -2.19. The van der Waals surface area contributed by atoms with E-state index in [1.807, 2.05) is 16.8 Å². The number of benzene rings is 1. The molecule has 1 aromatic heterocycles. The second kappa shape index (κ2) is 7.28. The molecule has 0 aliphatic rings. The fraction of sp³-hybridized carbons (Fsp3) is 0.294. The van der Waals surface area contributed by atoms with Crippen molar-refractivity contribution in [3.8, 4) is 11.5 Å². The zero-order valence-corrected chi connectivity index (χ0v) is 14.1. The molecule has 0 unspecified atom stereocenters. The quantitative estimate of drug-likeness (QED) is 0.849. The van der Waals surface area contributed by atoms with E-state index in [4.69, 9.17) is 9.47 Å². The monoisotopic (exact) mass is 333 g/mol. The van der Waals surface area contributed by atoms with E-state index in [-0.39, 0.29) is 12.5 Å². The lowest BCUT2D eigenvalue weighted by molar-refractivity contribution is -0.153. The van der Waals surface area contributed by atoms with Crippen LogP contribution < -0.4 is 10.1 Å². The first-order valence-electron chi connectivity index (χ1n) is 7.14. The second-order valence-corrected chi connectivity index (χ2v) is 6.64. The Bertz CT molecular complexity index is 674. The van der Waals surface area contributed by atoms with Crippen LogP contribution in [0.25, 0.3) is 0 Å². The Hall–Kier alpha value is -2.34. The maximum Gasteiger partial charge on any atom is 0.325 e. The summed E-state index contributed by atoms with van der Waals surface area (Å²) in [4.78, 5) is 23.7. The molecular weight excluding hydrogens is 314 g/mol. The molecule has 6 heteroatoms. The van der Waals surface area contributed by atoms with E-state index in [9.17, 15) is 9.59 Å². The van der Waals surface area contributed by atoms with Gasteiger partial charge in [-0.1, -0.05) is 6.07 Å². The van der Waals surface area contributed by atoms with Gasteiger partial charge in [-0.15, -0.1) is 11.3 Å². The largest absolute Gasteiger partial charge is 0.459 e. The van der Waals surface area contributed by atoms with Crippen molar-refractivity contribution in [2.24, 2.45) is 0 Å².